The Hall–Kier alpha value is -1.53. The van der Waals surface area contributed by atoms with Gasteiger partial charge in [0.2, 0.25) is 5.91 Å². The van der Waals surface area contributed by atoms with E-state index >= 15 is 0 Å². The maximum atomic E-state index is 12.0. The number of nitrogens with zero attached hydrogens (tertiary/aromatic N) is 1. The average Bonchev–Trinajstić information content (AvgIpc) is 2.60. The number of nitrogens with one attached hydrogen (secondary N) is 1. The van der Waals surface area contributed by atoms with Gasteiger partial charge in [0.15, 0.2) is 0 Å². The van der Waals surface area contributed by atoms with Gasteiger partial charge in [-0.15, -0.1) is 0 Å². The lowest BCUT2D eigenvalue weighted by molar-refractivity contribution is -0.120. The molecule has 7 nitrogen and oxygen atoms in total. The maximum Gasteiger partial charge on any atom is 0.471 e. The molecule has 0 radical (unpaired) electrons. The minimum absolute atomic E-state index is 0.0530. The first-order chi connectivity index (χ1) is 12.0. The largest absolute Gasteiger partial charge is 0.471 e. The van der Waals surface area contributed by atoms with Crippen molar-refractivity contribution in [1.29, 1.82) is 0 Å². The van der Waals surface area contributed by atoms with Crippen molar-refractivity contribution in [3.8, 4) is 0 Å². The van der Waals surface area contributed by atoms with Gasteiger partial charge in [0.1, 0.15) is 0 Å². The molecule has 0 saturated heterocycles. The summed E-state index contributed by atoms with van der Waals surface area (Å²) in [7, 11) is -2.74. The van der Waals surface area contributed by atoms with Crippen LogP contribution in [0, 0.1) is 0 Å². The van der Waals surface area contributed by atoms with Gasteiger partial charge >= 0.3 is 7.82 Å². The highest BCUT2D eigenvalue weighted by Gasteiger charge is 2.17. The Morgan fingerprint density at radius 1 is 1.28 bits per heavy atom. The summed E-state index contributed by atoms with van der Waals surface area (Å²) in [4.78, 5) is 25.4. The Labute approximate surface area is 147 Å². The number of carbonyl (C=O) groups excluding carboxylic acids is 1. The molecule has 0 bridgehead atoms. The van der Waals surface area contributed by atoms with Crippen molar-refractivity contribution in [1.82, 2.24) is 10.3 Å². The highest BCUT2D eigenvalue weighted by Crippen LogP contribution is 2.41. The lowest BCUT2D eigenvalue weighted by Crippen LogP contribution is -2.30. The van der Waals surface area contributed by atoms with Crippen molar-refractivity contribution in [2.75, 3.05) is 20.3 Å². The second kappa shape index (κ2) is 9.82. The fraction of sp³-hybridized carbons (Fsp3) is 0.529. The summed E-state index contributed by atoms with van der Waals surface area (Å²) in [6.45, 7) is 0.715. The Bertz CT molecular complexity index is 750. The molecule has 8 heteroatoms. The van der Waals surface area contributed by atoms with Crippen molar-refractivity contribution in [3.63, 3.8) is 0 Å². The van der Waals surface area contributed by atoms with Crippen molar-refractivity contribution in [2.24, 2.45) is 0 Å². The van der Waals surface area contributed by atoms with E-state index in [-0.39, 0.29) is 18.9 Å². The summed E-state index contributed by atoms with van der Waals surface area (Å²) in [6, 6.07) is 1.98. The third kappa shape index (κ3) is 7.08. The van der Waals surface area contributed by atoms with Gasteiger partial charge in [-0.2, -0.15) is 0 Å². The fourth-order valence-corrected chi connectivity index (χ4v) is 3.01. The van der Waals surface area contributed by atoms with Crippen molar-refractivity contribution < 1.29 is 23.3 Å². The number of rotatable bonds is 10. The monoisotopic (exact) mass is 368 g/mol. The first kappa shape index (κ1) is 19.8. The first-order valence-electron chi connectivity index (χ1n) is 8.45. The minimum Gasteiger partial charge on any atom is -0.356 e. The molecule has 138 valence electrons. The van der Waals surface area contributed by atoms with Gasteiger partial charge in [-0.25, -0.2) is 4.57 Å². The first-order valence-corrected chi connectivity index (χ1v) is 9.95. The van der Waals surface area contributed by atoms with Crippen molar-refractivity contribution in [2.45, 2.75) is 38.5 Å². The number of fused-ring (bicyclic) bond motifs is 1. The lowest BCUT2D eigenvalue weighted by atomic mass is 10.1. The molecule has 1 aliphatic carbocycles. The molecular formula is C17H25N2O5P. The number of phosphoric acid groups is 1. The summed E-state index contributed by atoms with van der Waals surface area (Å²) in [5.41, 5.74) is 0.773. The van der Waals surface area contributed by atoms with Gasteiger partial charge in [0.25, 0.3) is 0 Å². The quantitative estimate of drug-likeness (QED) is 0.473. The van der Waals surface area contributed by atoms with Gasteiger partial charge in [0.05, 0.1) is 18.7 Å². The van der Waals surface area contributed by atoms with Crippen LogP contribution in [0.2, 0.25) is 0 Å². The van der Waals surface area contributed by atoms with Gasteiger partial charge in [-0.1, -0.05) is 12.2 Å². The van der Waals surface area contributed by atoms with Crippen molar-refractivity contribution in [3.05, 3.63) is 28.4 Å². The molecule has 2 N–H and O–H groups in total. The van der Waals surface area contributed by atoms with Gasteiger partial charge in [0, 0.05) is 19.9 Å². The van der Waals surface area contributed by atoms with E-state index in [1.54, 1.807) is 0 Å². The Morgan fingerprint density at radius 2 is 2.04 bits per heavy atom. The molecule has 0 fully saturated rings. The summed E-state index contributed by atoms with van der Waals surface area (Å²) in [5.74, 6) is -0.0530. The lowest BCUT2D eigenvalue weighted by Gasteiger charge is -2.09. The van der Waals surface area contributed by atoms with Crippen LogP contribution in [0.1, 0.15) is 37.8 Å². The summed E-state index contributed by atoms with van der Waals surface area (Å²) in [5, 5.41) is 5.15. The smallest absolute Gasteiger partial charge is 0.356 e. The third-order valence-corrected chi connectivity index (χ3v) is 4.86. The summed E-state index contributed by atoms with van der Waals surface area (Å²) < 4.78 is 20.1. The number of amides is 1. The number of carbonyl (C=O) groups is 1. The maximum absolute atomic E-state index is 12.0. The van der Waals surface area contributed by atoms with Crippen molar-refractivity contribution >= 4 is 25.9 Å². The van der Waals surface area contributed by atoms with E-state index in [1.165, 1.54) is 0 Å². The van der Waals surface area contributed by atoms with Gasteiger partial charge in [-0.05, 0) is 48.6 Å². The number of pyridine rings is 1. The zero-order valence-corrected chi connectivity index (χ0v) is 15.3. The predicted octanol–water partition coefficient (Wildman–Crippen LogP) is 1.03. The van der Waals surface area contributed by atoms with Gasteiger partial charge in [-0.3, -0.25) is 18.8 Å². The van der Waals surface area contributed by atoms with Crippen LogP contribution >= 0.6 is 7.82 Å². The number of phosphoric ester groups is 1. The van der Waals surface area contributed by atoms with E-state index in [2.05, 4.69) is 27.0 Å². The van der Waals surface area contributed by atoms with E-state index in [4.69, 9.17) is 9.42 Å². The van der Waals surface area contributed by atoms with Crippen LogP contribution < -0.4 is 15.8 Å². The normalized spacial score (nSPS) is 15.4. The molecule has 1 aliphatic rings. The zero-order valence-electron chi connectivity index (χ0n) is 14.4. The molecule has 1 atom stereocenters. The molecular weight excluding hydrogens is 343 g/mol. The number of unbranched alkanes of at least 4 members (excludes halogenated alkanes) is 2. The van der Waals surface area contributed by atoms with Crippen LogP contribution in [-0.2, 0) is 24.8 Å². The molecule has 0 aromatic carbocycles. The highest BCUT2D eigenvalue weighted by molar-refractivity contribution is 7.47. The van der Waals surface area contributed by atoms with E-state index in [9.17, 15) is 9.36 Å². The molecule has 0 aliphatic heterocycles. The SMILES string of the molecule is COP(=O)(O)OCCCCCNC(=O)Cc1cc2c(cn1)=CCCC=2. The minimum atomic E-state index is -3.87. The summed E-state index contributed by atoms with van der Waals surface area (Å²) >= 11 is 0. The van der Waals surface area contributed by atoms with E-state index in [0.717, 1.165) is 48.9 Å². The van der Waals surface area contributed by atoms with Crippen LogP contribution in [-0.4, -0.2) is 36.0 Å². The summed E-state index contributed by atoms with van der Waals surface area (Å²) in [6.07, 6.45) is 10.7. The van der Waals surface area contributed by atoms with Crippen LogP contribution in [0.5, 0.6) is 0 Å². The zero-order chi connectivity index (χ0) is 18.1. The average molecular weight is 368 g/mol. The van der Waals surface area contributed by atoms with E-state index < -0.39 is 7.82 Å². The molecule has 1 unspecified atom stereocenters. The number of hydrogen-bond acceptors (Lipinski definition) is 5. The molecule has 1 heterocycles. The number of hydrogen-bond donors (Lipinski definition) is 2. The molecule has 1 aromatic rings. The molecule has 1 aromatic heterocycles. The molecule has 1 amide bonds. The van der Waals surface area contributed by atoms with Crippen LogP contribution in [0.4, 0.5) is 0 Å². The predicted molar refractivity (Wildman–Crippen MR) is 95.0 cm³/mol. The van der Waals surface area contributed by atoms with E-state index in [0.29, 0.717) is 13.0 Å². The topological polar surface area (TPSA) is 97.8 Å². The van der Waals surface area contributed by atoms with Crippen LogP contribution in [0.25, 0.3) is 12.2 Å². The third-order valence-electron chi connectivity index (χ3n) is 3.89. The molecule has 0 saturated carbocycles. The fourth-order valence-electron chi connectivity index (χ4n) is 2.54. The molecule has 25 heavy (non-hydrogen) atoms. The molecule has 2 rings (SSSR count). The van der Waals surface area contributed by atoms with E-state index in [1.807, 2.05) is 12.3 Å². The second-order valence-corrected chi connectivity index (χ2v) is 7.42. The number of aromatic nitrogens is 1. The Morgan fingerprint density at radius 3 is 2.80 bits per heavy atom. The standard InChI is InChI=1S/C17H25N2O5P/c1-23-25(21,22)24-10-6-2-5-9-18-17(20)12-16-11-14-7-3-4-8-15(14)13-19-16/h7-8,11,13H,2-6,9-10,12H2,1H3,(H,18,20)(H,21,22). The second-order valence-electron chi connectivity index (χ2n) is 5.86. The Kier molecular flexibility index (Phi) is 7.78. The van der Waals surface area contributed by atoms with Crippen LogP contribution in [0.15, 0.2) is 12.3 Å². The molecule has 0 spiro atoms. The Balaban J connectivity index is 1.63. The highest BCUT2D eigenvalue weighted by atomic mass is 31.2. The van der Waals surface area contributed by atoms with Crippen LogP contribution in [0.3, 0.4) is 0 Å². The van der Waals surface area contributed by atoms with Gasteiger partial charge < -0.3 is 10.2 Å².